The summed E-state index contributed by atoms with van der Waals surface area (Å²) in [6.07, 6.45) is 10.4. The number of carbonyl (C=O) groups is 1. The van der Waals surface area contributed by atoms with Gasteiger partial charge in [0.25, 0.3) is 0 Å². The Labute approximate surface area is 333 Å². The summed E-state index contributed by atoms with van der Waals surface area (Å²) in [5.74, 6) is 3.36. The maximum Gasteiger partial charge on any atom is 0.435 e. The first kappa shape index (κ1) is 44.2. The number of hydrogen-bond donors (Lipinski definition) is 5. The van der Waals surface area contributed by atoms with Crippen LogP contribution in [0.5, 0.6) is 11.5 Å². The Balaban J connectivity index is 0.000000265. The van der Waals surface area contributed by atoms with Gasteiger partial charge < -0.3 is 45.7 Å². The molecule has 12 heteroatoms. The third kappa shape index (κ3) is 17.1. The molecule has 3 aromatic rings. The van der Waals surface area contributed by atoms with E-state index in [1.165, 1.54) is 45.2 Å². The molecule has 0 unspecified atom stereocenters. The SMILES string of the molecule is N=C(N)c1ccc(OCCCN2CCC(CCCO)CC2)cc1.NC(=NC(=O)OCc1ccccc1)c1ccc(OCCCN2CCC(CCCO)CC2)cc1. The normalized spacial score (nSPS) is 15.8. The molecule has 306 valence electrons. The number of nitrogens with one attached hydrogen (secondary N) is 1. The molecule has 0 atom stereocenters. The Morgan fingerprint density at radius 2 is 1.14 bits per heavy atom. The van der Waals surface area contributed by atoms with Gasteiger partial charge >= 0.3 is 6.09 Å². The van der Waals surface area contributed by atoms with Crippen LogP contribution in [-0.4, -0.2) is 103 Å². The number of likely N-dealkylation sites (tertiary alicyclic amines) is 2. The van der Waals surface area contributed by atoms with Gasteiger partial charge in [0.1, 0.15) is 29.8 Å². The molecule has 3 aromatic carbocycles. The Morgan fingerprint density at radius 1 is 0.679 bits per heavy atom. The van der Waals surface area contributed by atoms with Gasteiger partial charge in [-0.15, -0.1) is 0 Å². The summed E-state index contributed by atoms with van der Waals surface area (Å²) in [6.45, 7) is 8.88. The predicted octanol–water partition coefficient (Wildman–Crippen LogP) is 6.21. The second-order valence-electron chi connectivity index (χ2n) is 14.7. The Morgan fingerprint density at radius 3 is 1.59 bits per heavy atom. The zero-order valence-corrected chi connectivity index (χ0v) is 33.0. The highest BCUT2D eigenvalue weighted by Gasteiger charge is 2.19. The number of piperidine rings is 2. The molecular weight excluding hydrogens is 709 g/mol. The molecule has 0 aliphatic carbocycles. The van der Waals surface area contributed by atoms with E-state index in [1.54, 1.807) is 12.1 Å². The number of hydrogen-bond acceptors (Lipinski definition) is 9. The number of carbonyl (C=O) groups excluding carboxylic acids is 1. The van der Waals surface area contributed by atoms with E-state index >= 15 is 0 Å². The van der Waals surface area contributed by atoms with Crippen molar-refractivity contribution in [3.05, 3.63) is 95.6 Å². The number of aliphatic hydroxyl groups excluding tert-OH is 2. The number of amidine groups is 2. The summed E-state index contributed by atoms with van der Waals surface area (Å²) in [7, 11) is 0. The van der Waals surface area contributed by atoms with Gasteiger partial charge in [0.05, 0.1) is 13.2 Å². The Kier molecular flexibility index (Phi) is 20.2. The molecule has 0 aromatic heterocycles. The quantitative estimate of drug-likeness (QED) is 0.0504. The van der Waals surface area contributed by atoms with E-state index in [0.29, 0.717) is 32.0 Å². The summed E-state index contributed by atoms with van der Waals surface area (Å²) in [5.41, 5.74) is 13.6. The van der Waals surface area contributed by atoms with Gasteiger partial charge in [-0.05, 0) is 156 Å². The van der Waals surface area contributed by atoms with Crippen LogP contribution in [0.3, 0.4) is 0 Å². The third-order valence-corrected chi connectivity index (χ3v) is 10.5. The lowest BCUT2D eigenvalue weighted by molar-refractivity contribution is 0.151. The molecule has 0 spiro atoms. The third-order valence-electron chi connectivity index (χ3n) is 10.5. The lowest BCUT2D eigenvalue weighted by Gasteiger charge is -2.31. The van der Waals surface area contributed by atoms with E-state index < -0.39 is 6.09 Å². The number of amides is 1. The fourth-order valence-electron chi connectivity index (χ4n) is 7.08. The van der Waals surface area contributed by atoms with Crippen molar-refractivity contribution in [2.75, 3.05) is 65.7 Å². The van der Waals surface area contributed by atoms with Crippen molar-refractivity contribution in [1.29, 1.82) is 5.41 Å². The van der Waals surface area contributed by atoms with Gasteiger partial charge in [-0.2, -0.15) is 4.99 Å². The van der Waals surface area contributed by atoms with Crippen LogP contribution in [0.15, 0.2) is 83.9 Å². The van der Waals surface area contributed by atoms with E-state index in [1.807, 2.05) is 66.7 Å². The number of aliphatic imine (C=N–C) groups is 1. The minimum absolute atomic E-state index is 0.0824. The highest BCUT2D eigenvalue weighted by Crippen LogP contribution is 2.23. The van der Waals surface area contributed by atoms with Crippen molar-refractivity contribution in [1.82, 2.24) is 9.80 Å². The van der Waals surface area contributed by atoms with E-state index in [4.69, 9.17) is 41.3 Å². The van der Waals surface area contributed by atoms with Gasteiger partial charge in [0, 0.05) is 37.4 Å². The van der Waals surface area contributed by atoms with Gasteiger partial charge in [0.15, 0.2) is 0 Å². The van der Waals surface area contributed by atoms with E-state index in [-0.39, 0.29) is 18.3 Å². The average Bonchev–Trinajstić information content (AvgIpc) is 3.23. The highest BCUT2D eigenvalue weighted by atomic mass is 16.5. The first-order valence-corrected chi connectivity index (χ1v) is 20.3. The lowest BCUT2D eigenvalue weighted by atomic mass is 9.92. The first-order valence-electron chi connectivity index (χ1n) is 20.3. The van der Waals surface area contributed by atoms with Crippen LogP contribution in [0.2, 0.25) is 0 Å². The number of nitrogens with zero attached hydrogens (tertiary/aromatic N) is 3. The van der Waals surface area contributed by atoms with Crippen LogP contribution in [0.1, 0.15) is 80.9 Å². The highest BCUT2D eigenvalue weighted by molar-refractivity contribution is 6.02. The summed E-state index contributed by atoms with van der Waals surface area (Å²) in [6, 6.07) is 24.0. The minimum atomic E-state index is -0.714. The molecule has 2 fully saturated rings. The van der Waals surface area contributed by atoms with Crippen LogP contribution >= 0.6 is 0 Å². The zero-order valence-electron chi connectivity index (χ0n) is 33.0. The number of nitrogens with two attached hydrogens (primary N) is 2. The van der Waals surface area contributed by atoms with Gasteiger partial charge in [-0.1, -0.05) is 30.3 Å². The second kappa shape index (κ2) is 25.6. The lowest BCUT2D eigenvalue weighted by Crippen LogP contribution is -2.35. The summed E-state index contributed by atoms with van der Waals surface area (Å²) in [4.78, 5) is 20.7. The molecule has 2 saturated heterocycles. The Hall–Kier alpha value is -4.49. The second-order valence-corrected chi connectivity index (χ2v) is 14.7. The molecular formula is C44H64N6O6. The molecule has 1 amide bonds. The standard InChI is InChI=1S/C26H35N3O4.C18H29N3O2/c27-25(28-26(31)33-20-22-6-2-1-3-7-22)23-9-11-24(12-10-23)32-19-5-15-29-16-13-21(14-17-29)8-4-18-30;19-18(20)16-4-6-17(7-5-16)23-14-2-10-21-11-8-15(9-12-21)3-1-13-22/h1-3,6-7,9-12,21,30H,4-5,8,13-20H2,(H2,27,28,31);4-7,15,22H,1-3,8-14H2,(H3,19,20). The topological polar surface area (TPSA) is 180 Å². The van der Waals surface area contributed by atoms with Crippen molar-refractivity contribution < 1.29 is 29.2 Å². The van der Waals surface area contributed by atoms with Crippen molar-refractivity contribution in [2.24, 2.45) is 28.3 Å². The first-order chi connectivity index (χ1) is 27.3. The summed E-state index contributed by atoms with van der Waals surface area (Å²) < 4.78 is 16.7. The molecule has 0 bridgehead atoms. The van der Waals surface area contributed by atoms with Gasteiger partial charge in [0.2, 0.25) is 0 Å². The predicted molar refractivity (Wildman–Crippen MR) is 222 cm³/mol. The summed E-state index contributed by atoms with van der Waals surface area (Å²) in [5, 5.41) is 25.2. The molecule has 2 aliphatic rings. The average molecular weight is 773 g/mol. The van der Waals surface area contributed by atoms with Gasteiger partial charge in [-0.3, -0.25) is 5.41 Å². The molecule has 0 radical (unpaired) electrons. The fraction of sp³-hybridized carbons (Fsp3) is 0.523. The maximum atomic E-state index is 11.9. The van der Waals surface area contributed by atoms with E-state index in [2.05, 4.69) is 14.8 Å². The summed E-state index contributed by atoms with van der Waals surface area (Å²) >= 11 is 0. The number of benzene rings is 3. The number of nitrogen functional groups attached to an aromatic ring is 1. The molecule has 12 nitrogen and oxygen atoms in total. The number of aliphatic hydroxyl groups is 2. The minimum Gasteiger partial charge on any atom is -0.494 e. The van der Waals surface area contributed by atoms with Crippen molar-refractivity contribution >= 4 is 17.8 Å². The largest absolute Gasteiger partial charge is 0.494 e. The van der Waals surface area contributed by atoms with Crippen LogP contribution in [0, 0.1) is 17.2 Å². The molecule has 56 heavy (non-hydrogen) atoms. The number of ether oxygens (including phenoxy) is 3. The monoisotopic (exact) mass is 772 g/mol. The van der Waals surface area contributed by atoms with Crippen LogP contribution in [0.25, 0.3) is 0 Å². The van der Waals surface area contributed by atoms with E-state index in [0.717, 1.165) is 92.7 Å². The van der Waals surface area contributed by atoms with E-state index in [9.17, 15) is 4.79 Å². The molecule has 2 aliphatic heterocycles. The zero-order chi connectivity index (χ0) is 39.8. The fourth-order valence-corrected chi connectivity index (χ4v) is 7.08. The molecule has 2 heterocycles. The number of rotatable bonds is 20. The van der Waals surface area contributed by atoms with Crippen molar-refractivity contribution in [2.45, 2.75) is 70.8 Å². The molecule has 5 rings (SSSR count). The smallest absolute Gasteiger partial charge is 0.435 e. The van der Waals surface area contributed by atoms with Crippen LogP contribution in [-0.2, 0) is 11.3 Å². The van der Waals surface area contributed by atoms with Crippen molar-refractivity contribution in [3.8, 4) is 11.5 Å². The van der Waals surface area contributed by atoms with Crippen LogP contribution < -0.4 is 20.9 Å². The van der Waals surface area contributed by atoms with Crippen LogP contribution in [0.4, 0.5) is 4.79 Å². The Bertz CT molecular complexity index is 1560. The molecule has 7 N–H and O–H groups in total. The van der Waals surface area contributed by atoms with Crippen molar-refractivity contribution in [3.63, 3.8) is 0 Å². The van der Waals surface area contributed by atoms with Gasteiger partial charge in [-0.25, -0.2) is 4.79 Å². The maximum absolute atomic E-state index is 11.9. The molecule has 0 saturated carbocycles.